The number of hydrogen-bond donors (Lipinski definition) is 2. The fraction of sp³-hybridized carbons (Fsp3) is 0.536. The van der Waals surface area contributed by atoms with E-state index in [0.29, 0.717) is 5.75 Å². The first-order chi connectivity index (χ1) is 16.8. The zero-order valence-electron chi connectivity index (χ0n) is 22.4. The Balaban J connectivity index is 0.000000204. The molecule has 0 aliphatic carbocycles. The first-order valence-corrected chi connectivity index (χ1v) is 12.9. The molecule has 0 spiro atoms. The van der Waals surface area contributed by atoms with E-state index in [-0.39, 0.29) is 5.78 Å². The Morgan fingerprint density at radius 2 is 1.83 bits per heavy atom. The highest BCUT2D eigenvalue weighted by Gasteiger charge is 2.15. The van der Waals surface area contributed by atoms with Crippen LogP contribution in [-0.2, 0) is 24.7 Å². The van der Waals surface area contributed by atoms with Crippen LogP contribution in [0.25, 0.3) is 10.9 Å². The van der Waals surface area contributed by atoms with E-state index in [1.165, 1.54) is 23.4 Å². The summed E-state index contributed by atoms with van der Waals surface area (Å²) in [5, 5.41) is 18.2. The lowest BCUT2D eigenvalue weighted by atomic mass is 10.1. The molecule has 0 unspecified atom stereocenters. The van der Waals surface area contributed by atoms with Crippen molar-refractivity contribution < 1.29 is 9.90 Å². The molecule has 35 heavy (non-hydrogen) atoms. The molecule has 1 saturated heterocycles. The van der Waals surface area contributed by atoms with Gasteiger partial charge in [0.2, 0.25) is 0 Å². The topological polar surface area (TPSA) is 83.3 Å². The molecule has 7 nitrogen and oxygen atoms in total. The second-order valence-electron chi connectivity index (χ2n) is 9.00. The number of ketones is 1. The quantitative estimate of drug-likeness (QED) is 0.517. The lowest BCUT2D eigenvalue weighted by Crippen LogP contribution is -2.44. The summed E-state index contributed by atoms with van der Waals surface area (Å²) in [6, 6.07) is 6.03. The Bertz CT molecular complexity index is 1070. The number of hydrogen-bond acceptors (Lipinski definition) is 6. The van der Waals surface area contributed by atoms with Gasteiger partial charge in [0.05, 0.1) is 10.9 Å². The van der Waals surface area contributed by atoms with Gasteiger partial charge in [0.25, 0.3) is 0 Å². The zero-order valence-corrected chi connectivity index (χ0v) is 22.4. The van der Waals surface area contributed by atoms with Crippen molar-refractivity contribution in [1.82, 2.24) is 20.1 Å². The largest absolute Gasteiger partial charge is 0.507 e. The van der Waals surface area contributed by atoms with Crippen molar-refractivity contribution in [1.29, 1.82) is 0 Å². The van der Waals surface area contributed by atoms with Crippen LogP contribution in [0.4, 0.5) is 5.69 Å². The summed E-state index contributed by atoms with van der Waals surface area (Å²) in [5.74, 6) is 0.658. The van der Waals surface area contributed by atoms with Crippen LogP contribution in [0, 0.1) is 6.92 Å². The molecule has 192 valence electrons. The minimum absolute atomic E-state index is 0.289. The number of piperazine rings is 1. The number of fused-ring (bicyclic) bond motifs is 1. The Hall–Kier alpha value is -2.93. The highest BCUT2D eigenvalue weighted by Crippen LogP contribution is 2.28. The minimum atomic E-state index is 0.289. The molecule has 1 aliphatic rings. The lowest BCUT2D eigenvalue weighted by Gasteiger charge is -2.31. The van der Waals surface area contributed by atoms with Crippen LogP contribution < -0.4 is 10.2 Å². The Morgan fingerprint density at radius 3 is 2.40 bits per heavy atom. The van der Waals surface area contributed by atoms with Crippen molar-refractivity contribution in [2.75, 3.05) is 31.1 Å². The molecule has 0 saturated carbocycles. The van der Waals surface area contributed by atoms with Gasteiger partial charge in [-0.15, -0.1) is 0 Å². The zero-order chi connectivity index (χ0) is 25.8. The van der Waals surface area contributed by atoms with Crippen molar-refractivity contribution in [2.24, 2.45) is 7.05 Å². The van der Waals surface area contributed by atoms with Crippen LogP contribution in [0.2, 0.25) is 0 Å². The number of carbonyl (C=O) groups excluding carboxylic acids is 1. The molecule has 0 radical (unpaired) electrons. The summed E-state index contributed by atoms with van der Waals surface area (Å²) >= 11 is 0. The van der Waals surface area contributed by atoms with Crippen molar-refractivity contribution in [3.8, 4) is 5.75 Å². The SMILES string of the molecule is CCCC(C)=O.CCCc1c(N2CCNCC2)ccnc1C.CCc1ccc2nn(C)cc2c1O. The lowest BCUT2D eigenvalue weighted by molar-refractivity contribution is -0.117. The number of aromatic nitrogens is 3. The van der Waals surface area contributed by atoms with E-state index in [9.17, 15) is 9.90 Å². The molecule has 0 atom stereocenters. The molecule has 1 aromatic carbocycles. The van der Waals surface area contributed by atoms with Crippen LogP contribution in [0.3, 0.4) is 0 Å². The number of aryl methyl sites for hydroxylation is 3. The third-order valence-corrected chi connectivity index (χ3v) is 6.05. The number of aromatic hydroxyl groups is 1. The summed E-state index contributed by atoms with van der Waals surface area (Å²) in [6.45, 7) is 14.4. The van der Waals surface area contributed by atoms with Gasteiger partial charge in [-0.05, 0) is 56.4 Å². The number of carbonyl (C=O) groups is 1. The van der Waals surface area contributed by atoms with Crippen LogP contribution >= 0.6 is 0 Å². The van der Waals surface area contributed by atoms with Gasteiger partial charge in [-0.2, -0.15) is 5.10 Å². The van der Waals surface area contributed by atoms with Gasteiger partial charge in [-0.25, -0.2) is 0 Å². The van der Waals surface area contributed by atoms with Gasteiger partial charge in [-0.3, -0.25) is 9.67 Å². The molecule has 0 amide bonds. The highest BCUT2D eigenvalue weighted by molar-refractivity contribution is 5.85. The third kappa shape index (κ3) is 8.35. The van der Waals surface area contributed by atoms with E-state index in [1.807, 2.05) is 45.4 Å². The number of benzene rings is 1. The second-order valence-corrected chi connectivity index (χ2v) is 9.00. The number of nitrogens with one attached hydrogen (secondary N) is 1. The Labute approximate surface area is 210 Å². The fourth-order valence-corrected chi connectivity index (χ4v) is 4.22. The Morgan fingerprint density at radius 1 is 1.11 bits per heavy atom. The predicted molar refractivity (Wildman–Crippen MR) is 145 cm³/mol. The molecule has 1 aliphatic heterocycles. The molecule has 2 N–H and O–H groups in total. The van der Waals surface area contributed by atoms with E-state index in [2.05, 4.69) is 40.2 Å². The molecule has 3 heterocycles. The highest BCUT2D eigenvalue weighted by atomic mass is 16.3. The third-order valence-electron chi connectivity index (χ3n) is 6.05. The molecule has 4 rings (SSSR count). The average molecular weight is 482 g/mol. The maximum absolute atomic E-state index is 10.0. The number of rotatable bonds is 6. The first-order valence-electron chi connectivity index (χ1n) is 12.9. The average Bonchev–Trinajstić information content (AvgIpc) is 3.23. The standard InChI is InChI=1S/C13H21N3.C10H12N2O.C5H10O/c1-3-4-12-11(2)15-6-5-13(12)16-9-7-14-8-10-16;1-3-7-4-5-9-8(10(7)13)6-12(2)11-9;1-3-4-5(2)6/h5-6,14H,3-4,7-10H2,1-2H3;4-6,13H,3H2,1-2H3;3-4H2,1-2H3. The number of anilines is 1. The van der Waals surface area contributed by atoms with Crippen LogP contribution in [0.15, 0.2) is 30.6 Å². The minimum Gasteiger partial charge on any atom is -0.507 e. The number of phenols is 1. The van der Waals surface area contributed by atoms with E-state index in [0.717, 1.165) is 68.3 Å². The summed E-state index contributed by atoms with van der Waals surface area (Å²) in [6.07, 6.45) is 8.66. The number of Topliss-reactive ketones (excluding diaryl/α,β-unsaturated/α-hetero) is 1. The first kappa shape index (κ1) is 28.3. The van der Waals surface area contributed by atoms with Gasteiger partial charge in [-0.1, -0.05) is 33.3 Å². The van der Waals surface area contributed by atoms with E-state index in [1.54, 1.807) is 11.6 Å². The smallest absolute Gasteiger partial charge is 0.129 e. The molecular weight excluding hydrogens is 438 g/mol. The summed E-state index contributed by atoms with van der Waals surface area (Å²) in [4.78, 5) is 16.9. The number of nitrogens with zero attached hydrogens (tertiary/aromatic N) is 4. The fourth-order valence-electron chi connectivity index (χ4n) is 4.22. The summed E-state index contributed by atoms with van der Waals surface area (Å²) < 4.78 is 1.71. The van der Waals surface area contributed by atoms with Gasteiger partial charge < -0.3 is 20.1 Å². The normalized spacial score (nSPS) is 13.0. The second kappa shape index (κ2) is 14.5. The van der Waals surface area contributed by atoms with Crippen LogP contribution in [0.5, 0.6) is 5.75 Å². The van der Waals surface area contributed by atoms with Gasteiger partial charge >= 0.3 is 0 Å². The summed E-state index contributed by atoms with van der Waals surface area (Å²) in [5.41, 5.74) is 5.85. The molecule has 1 fully saturated rings. The maximum Gasteiger partial charge on any atom is 0.129 e. The van der Waals surface area contributed by atoms with Crippen molar-refractivity contribution in [3.05, 3.63) is 47.4 Å². The monoisotopic (exact) mass is 481 g/mol. The van der Waals surface area contributed by atoms with E-state index < -0.39 is 0 Å². The van der Waals surface area contributed by atoms with Crippen molar-refractivity contribution in [2.45, 2.75) is 66.7 Å². The maximum atomic E-state index is 10.0. The van der Waals surface area contributed by atoms with Gasteiger partial charge in [0.1, 0.15) is 11.5 Å². The van der Waals surface area contributed by atoms with Crippen LogP contribution in [0.1, 0.15) is 63.8 Å². The van der Waals surface area contributed by atoms with Crippen molar-refractivity contribution >= 4 is 22.4 Å². The van der Waals surface area contributed by atoms with E-state index >= 15 is 0 Å². The predicted octanol–water partition coefficient (Wildman–Crippen LogP) is 4.97. The van der Waals surface area contributed by atoms with Crippen LogP contribution in [-0.4, -0.2) is 51.8 Å². The number of pyridine rings is 1. The van der Waals surface area contributed by atoms with Crippen molar-refractivity contribution in [3.63, 3.8) is 0 Å². The molecule has 7 heteroatoms. The van der Waals surface area contributed by atoms with E-state index in [4.69, 9.17) is 0 Å². The number of phenolic OH excluding ortho intramolecular Hbond substituents is 1. The van der Waals surface area contributed by atoms with Gasteiger partial charge in [0, 0.05) is 63.4 Å². The molecular formula is C28H43N5O2. The molecule has 2 aromatic heterocycles. The molecule has 3 aromatic rings. The molecule has 0 bridgehead atoms. The van der Waals surface area contributed by atoms with Gasteiger partial charge in [0.15, 0.2) is 0 Å². The Kier molecular flexibility index (Phi) is 11.7. The summed E-state index contributed by atoms with van der Waals surface area (Å²) in [7, 11) is 1.85.